The molecule has 0 fully saturated rings. The predicted molar refractivity (Wildman–Crippen MR) is 88.4 cm³/mol. The number of hydrogen-bond donors (Lipinski definition) is 0. The van der Waals surface area contributed by atoms with Gasteiger partial charge < -0.3 is 14.4 Å². The Morgan fingerprint density at radius 2 is 2.05 bits per heavy atom. The Kier molecular flexibility index (Phi) is 4.07. The molecule has 0 bridgehead atoms. The summed E-state index contributed by atoms with van der Waals surface area (Å²) in [6.45, 7) is 2.21. The van der Waals surface area contributed by atoms with Crippen molar-refractivity contribution in [1.29, 1.82) is 0 Å². The molecule has 0 aromatic heterocycles. The summed E-state index contributed by atoms with van der Waals surface area (Å²) >= 11 is 3.45. The second-order valence-electron chi connectivity index (χ2n) is 5.11. The highest BCUT2D eigenvalue weighted by Gasteiger charge is 2.30. The number of methoxy groups -OCH3 is 1. The SMILES string of the molecule is COc1cccc2c1O[C@H](C)C(=O)N(c1cccc(Br)c1)C2. The number of halogens is 1. The van der Waals surface area contributed by atoms with Gasteiger partial charge in [-0.3, -0.25) is 4.79 Å². The van der Waals surface area contributed by atoms with Crippen LogP contribution in [0.2, 0.25) is 0 Å². The summed E-state index contributed by atoms with van der Waals surface area (Å²) in [5.74, 6) is 1.22. The summed E-state index contributed by atoms with van der Waals surface area (Å²) < 4.78 is 12.1. The van der Waals surface area contributed by atoms with Crippen molar-refractivity contribution in [1.82, 2.24) is 0 Å². The lowest BCUT2D eigenvalue weighted by molar-refractivity contribution is -0.124. The average Bonchev–Trinajstić information content (AvgIpc) is 2.64. The van der Waals surface area contributed by atoms with Crippen LogP contribution in [0.5, 0.6) is 11.5 Å². The van der Waals surface area contributed by atoms with Gasteiger partial charge in [-0.05, 0) is 31.2 Å². The summed E-state index contributed by atoms with van der Waals surface area (Å²) in [5, 5.41) is 0. The quantitative estimate of drug-likeness (QED) is 0.816. The number of rotatable bonds is 2. The van der Waals surface area contributed by atoms with Gasteiger partial charge in [0, 0.05) is 15.7 Å². The molecule has 0 aliphatic carbocycles. The van der Waals surface area contributed by atoms with Crippen LogP contribution in [0.4, 0.5) is 5.69 Å². The van der Waals surface area contributed by atoms with Gasteiger partial charge in [0.1, 0.15) is 0 Å². The first-order chi connectivity index (χ1) is 10.6. The molecule has 1 heterocycles. The number of para-hydroxylation sites is 1. The van der Waals surface area contributed by atoms with Crippen LogP contribution >= 0.6 is 15.9 Å². The van der Waals surface area contributed by atoms with Crippen LogP contribution in [0.15, 0.2) is 46.9 Å². The Bertz CT molecular complexity index is 717. The maximum Gasteiger partial charge on any atom is 0.268 e. The number of amides is 1. The van der Waals surface area contributed by atoms with Crippen LogP contribution < -0.4 is 14.4 Å². The topological polar surface area (TPSA) is 38.8 Å². The van der Waals surface area contributed by atoms with Crippen molar-refractivity contribution in [2.45, 2.75) is 19.6 Å². The van der Waals surface area contributed by atoms with E-state index in [1.165, 1.54) is 0 Å². The molecule has 1 aliphatic heterocycles. The highest BCUT2D eigenvalue weighted by Crippen LogP contribution is 2.36. The van der Waals surface area contributed by atoms with Gasteiger partial charge in [0.2, 0.25) is 0 Å². The number of carbonyl (C=O) groups is 1. The zero-order valence-corrected chi connectivity index (χ0v) is 14.0. The molecule has 22 heavy (non-hydrogen) atoms. The van der Waals surface area contributed by atoms with Gasteiger partial charge in [-0.25, -0.2) is 0 Å². The highest BCUT2D eigenvalue weighted by molar-refractivity contribution is 9.10. The largest absolute Gasteiger partial charge is 0.493 e. The van der Waals surface area contributed by atoms with E-state index in [1.807, 2.05) is 42.5 Å². The molecular weight excluding hydrogens is 346 g/mol. The van der Waals surface area contributed by atoms with Crippen LogP contribution in [0, 0.1) is 0 Å². The van der Waals surface area contributed by atoms with Gasteiger partial charge in [0.15, 0.2) is 17.6 Å². The van der Waals surface area contributed by atoms with Crippen molar-refractivity contribution in [3.8, 4) is 11.5 Å². The lowest BCUT2D eigenvalue weighted by atomic mass is 10.1. The van der Waals surface area contributed by atoms with Gasteiger partial charge in [-0.15, -0.1) is 0 Å². The first-order valence-corrected chi connectivity index (χ1v) is 7.79. The number of nitrogens with zero attached hydrogens (tertiary/aromatic N) is 1. The third-order valence-electron chi connectivity index (χ3n) is 3.64. The lowest BCUT2D eigenvalue weighted by Gasteiger charge is -2.22. The molecule has 0 N–H and O–H groups in total. The average molecular weight is 362 g/mol. The zero-order chi connectivity index (χ0) is 15.7. The first kappa shape index (κ1) is 14.9. The fourth-order valence-electron chi connectivity index (χ4n) is 2.54. The molecular formula is C17H16BrNO3. The third kappa shape index (κ3) is 2.68. The van der Waals surface area contributed by atoms with Crippen molar-refractivity contribution < 1.29 is 14.3 Å². The van der Waals surface area contributed by atoms with E-state index >= 15 is 0 Å². The first-order valence-electron chi connectivity index (χ1n) is 6.99. The highest BCUT2D eigenvalue weighted by atomic mass is 79.9. The molecule has 0 radical (unpaired) electrons. The van der Waals surface area contributed by atoms with Crippen molar-refractivity contribution in [3.05, 3.63) is 52.5 Å². The van der Waals surface area contributed by atoms with Crippen LogP contribution in [-0.4, -0.2) is 19.1 Å². The number of hydrogen-bond acceptors (Lipinski definition) is 3. The molecule has 1 amide bonds. The Labute approximate surface area is 137 Å². The fraction of sp³-hybridized carbons (Fsp3) is 0.235. The second kappa shape index (κ2) is 6.01. The minimum Gasteiger partial charge on any atom is -0.493 e. The molecule has 0 saturated carbocycles. The van der Waals surface area contributed by atoms with Gasteiger partial charge in [0.05, 0.1) is 13.7 Å². The Balaban J connectivity index is 2.07. The fourth-order valence-corrected chi connectivity index (χ4v) is 2.92. The van der Waals surface area contributed by atoms with Gasteiger partial charge in [-0.2, -0.15) is 0 Å². The molecule has 2 aromatic carbocycles. The smallest absolute Gasteiger partial charge is 0.268 e. The van der Waals surface area contributed by atoms with Gasteiger partial charge >= 0.3 is 0 Å². The van der Waals surface area contributed by atoms with E-state index in [-0.39, 0.29) is 5.91 Å². The number of carbonyl (C=O) groups excluding carboxylic acids is 1. The number of benzene rings is 2. The number of anilines is 1. The van der Waals surface area contributed by atoms with E-state index in [9.17, 15) is 4.79 Å². The Morgan fingerprint density at radius 3 is 2.77 bits per heavy atom. The maximum atomic E-state index is 12.7. The summed E-state index contributed by atoms with van der Waals surface area (Å²) in [7, 11) is 1.60. The molecule has 114 valence electrons. The standard InChI is InChI=1S/C17H16BrNO3/c1-11-17(20)19(14-7-4-6-13(18)9-14)10-12-5-3-8-15(21-2)16(12)22-11/h3-9,11H,10H2,1-2H3/t11-/m1/s1. The molecule has 3 rings (SSSR count). The summed E-state index contributed by atoms with van der Waals surface area (Å²) in [4.78, 5) is 14.4. The zero-order valence-electron chi connectivity index (χ0n) is 12.4. The Morgan fingerprint density at radius 1 is 1.27 bits per heavy atom. The van der Waals surface area contributed by atoms with E-state index < -0.39 is 6.10 Å². The van der Waals surface area contributed by atoms with Crippen LogP contribution in [-0.2, 0) is 11.3 Å². The van der Waals surface area contributed by atoms with E-state index in [1.54, 1.807) is 18.9 Å². The third-order valence-corrected chi connectivity index (χ3v) is 4.13. The molecule has 2 aromatic rings. The number of fused-ring (bicyclic) bond motifs is 1. The van der Waals surface area contributed by atoms with Crippen LogP contribution in [0.1, 0.15) is 12.5 Å². The summed E-state index contributed by atoms with van der Waals surface area (Å²) in [5.41, 5.74) is 1.77. The molecule has 0 spiro atoms. The van der Waals surface area contributed by atoms with Gasteiger partial charge in [0.25, 0.3) is 5.91 Å². The summed E-state index contributed by atoms with van der Waals surface area (Å²) in [6, 6.07) is 13.4. The van der Waals surface area contributed by atoms with Crippen molar-refractivity contribution >= 4 is 27.5 Å². The lowest BCUT2D eigenvalue weighted by Crippen LogP contribution is -2.38. The number of ether oxygens (including phenoxy) is 2. The summed E-state index contributed by atoms with van der Waals surface area (Å²) in [6.07, 6.45) is -0.573. The van der Waals surface area contributed by atoms with Crippen LogP contribution in [0.3, 0.4) is 0 Å². The molecule has 1 aliphatic rings. The van der Waals surface area contributed by atoms with E-state index in [4.69, 9.17) is 9.47 Å². The predicted octanol–water partition coefficient (Wildman–Crippen LogP) is 3.77. The molecule has 1 atom stereocenters. The normalized spacial score (nSPS) is 17.5. The molecule has 5 heteroatoms. The molecule has 0 unspecified atom stereocenters. The second-order valence-corrected chi connectivity index (χ2v) is 6.03. The van der Waals surface area contributed by atoms with Gasteiger partial charge in [-0.1, -0.05) is 34.1 Å². The van der Waals surface area contributed by atoms with Crippen molar-refractivity contribution in [3.63, 3.8) is 0 Å². The minimum absolute atomic E-state index is 0.0728. The maximum absolute atomic E-state index is 12.7. The van der Waals surface area contributed by atoms with E-state index in [2.05, 4.69) is 15.9 Å². The molecule has 0 saturated heterocycles. The minimum atomic E-state index is -0.573. The van der Waals surface area contributed by atoms with Crippen molar-refractivity contribution in [2.75, 3.05) is 12.0 Å². The van der Waals surface area contributed by atoms with E-state index in [0.29, 0.717) is 18.0 Å². The van der Waals surface area contributed by atoms with E-state index in [0.717, 1.165) is 15.7 Å². The van der Waals surface area contributed by atoms with Crippen molar-refractivity contribution in [2.24, 2.45) is 0 Å². The Hall–Kier alpha value is -2.01. The molecule has 4 nitrogen and oxygen atoms in total. The monoisotopic (exact) mass is 361 g/mol. The van der Waals surface area contributed by atoms with Crippen LogP contribution in [0.25, 0.3) is 0 Å².